The molecular formula is C14H13N2O3-. The molecule has 0 bridgehead atoms. The van der Waals surface area contributed by atoms with Crippen molar-refractivity contribution in [3.8, 4) is 5.75 Å². The molecule has 5 heteroatoms. The molecule has 0 amide bonds. The molecule has 1 N–H and O–H groups in total. The third-order valence-electron chi connectivity index (χ3n) is 2.62. The van der Waals surface area contributed by atoms with Crippen molar-refractivity contribution >= 4 is 11.7 Å². The lowest BCUT2D eigenvalue weighted by molar-refractivity contribution is -0.255. The Morgan fingerprint density at radius 1 is 1.37 bits per heavy atom. The number of benzene rings is 1. The molecule has 5 nitrogen and oxygen atoms in total. The van der Waals surface area contributed by atoms with Crippen LogP contribution in [0, 0.1) is 0 Å². The van der Waals surface area contributed by atoms with E-state index in [0.717, 1.165) is 5.69 Å². The molecular weight excluding hydrogens is 244 g/mol. The van der Waals surface area contributed by atoms with Gasteiger partial charge in [0.2, 0.25) is 0 Å². The minimum Gasteiger partial charge on any atom is -0.545 e. The second kappa shape index (κ2) is 5.86. The van der Waals surface area contributed by atoms with Gasteiger partial charge in [0.1, 0.15) is 5.75 Å². The second-order valence-electron chi connectivity index (χ2n) is 3.88. The van der Waals surface area contributed by atoms with Gasteiger partial charge in [-0.3, -0.25) is 4.98 Å². The van der Waals surface area contributed by atoms with E-state index in [1.165, 1.54) is 19.2 Å². The first kappa shape index (κ1) is 12.9. The van der Waals surface area contributed by atoms with Crippen LogP contribution in [0.5, 0.6) is 5.75 Å². The summed E-state index contributed by atoms with van der Waals surface area (Å²) in [5, 5.41) is 13.9. The van der Waals surface area contributed by atoms with Crippen LogP contribution in [0.4, 0.5) is 5.69 Å². The van der Waals surface area contributed by atoms with Crippen molar-refractivity contribution < 1.29 is 14.6 Å². The molecule has 0 saturated carbocycles. The Morgan fingerprint density at radius 2 is 2.21 bits per heavy atom. The van der Waals surface area contributed by atoms with Gasteiger partial charge in [-0.25, -0.2) is 0 Å². The summed E-state index contributed by atoms with van der Waals surface area (Å²) in [6.45, 7) is 0.480. The molecule has 0 spiro atoms. The van der Waals surface area contributed by atoms with Crippen molar-refractivity contribution in [2.24, 2.45) is 0 Å². The normalized spacial score (nSPS) is 9.95. The smallest absolute Gasteiger partial charge is 0.142 e. The lowest BCUT2D eigenvalue weighted by atomic mass is 10.2. The summed E-state index contributed by atoms with van der Waals surface area (Å²) in [4.78, 5) is 15.0. The minimum absolute atomic E-state index is 0.101. The summed E-state index contributed by atoms with van der Waals surface area (Å²) in [6.07, 6.45) is 1.70. The van der Waals surface area contributed by atoms with Gasteiger partial charge in [-0.15, -0.1) is 0 Å². The Bertz CT molecular complexity index is 570. The summed E-state index contributed by atoms with van der Waals surface area (Å²) < 4.78 is 5.17. The quantitative estimate of drug-likeness (QED) is 0.867. The van der Waals surface area contributed by atoms with Crippen molar-refractivity contribution in [2.45, 2.75) is 6.54 Å². The lowest BCUT2D eigenvalue weighted by Crippen LogP contribution is -2.22. The fourth-order valence-electron chi connectivity index (χ4n) is 1.66. The van der Waals surface area contributed by atoms with Gasteiger partial charge in [-0.2, -0.15) is 0 Å². The van der Waals surface area contributed by atoms with Crippen LogP contribution in [0.25, 0.3) is 0 Å². The first-order chi connectivity index (χ1) is 9.20. The number of carboxylic acids is 1. The number of pyridine rings is 1. The van der Waals surface area contributed by atoms with Crippen molar-refractivity contribution in [2.75, 3.05) is 12.4 Å². The number of carboxylic acid groups (broad SMARTS) is 1. The average molecular weight is 257 g/mol. The molecule has 2 rings (SSSR count). The van der Waals surface area contributed by atoms with E-state index in [1.807, 2.05) is 18.2 Å². The number of methoxy groups -OCH3 is 1. The van der Waals surface area contributed by atoms with Crippen LogP contribution in [0.3, 0.4) is 0 Å². The van der Waals surface area contributed by atoms with Gasteiger partial charge in [0.15, 0.2) is 0 Å². The number of anilines is 1. The van der Waals surface area contributed by atoms with Crippen LogP contribution in [0.2, 0.25) is 0 Å². The molecule has 1 aromatic heterocycles. The van der Waals surface area contributed by atoms with Crippen LogP contribution in [-0.2, 0) is 6.54 Å². The maximum Gasteiger partial charge on any atom is 0.142 e. The van der Waals surface area contributed by atoms with Gasteiger partial charge in [0.25, 0.3) is 0 Å². The molecule has 0 saturated heterocycles. The minimum atomic E-state index is -1.22. The number of carbonyl (C=O) groups excluding carboxylic acids is 1. The summed E-state index contributed by atoms with van der Waals surface area (Å²) in [5.74, 6) is -0.649. The van der Waals surface area contributed by atoms with E-state index in [4.69, 9.17) is 4.74 Å². The zero-order valence-corrected chi connectivity index (χ0v) is 10.4. The fraction of sp³-hybridized carbons (Fsp3) is 0.143. The molecule has 0 fully saturated rings. The van der Waals surface area contributed by atoms with E-state index in [2.05, 4.69) is 10.3 Å². The topological polar surface area (TPSA) is 74.3 Å². The second-order valence-corrected chi connectivity index (χ2v) is 3.88. The van der Waals surface area contributed by atoms with E-state index >= 15 is 0 Å². The van der Waals surface area contributed by atoms with Crippen molar-refractivity contribution in [3.05, 3.63) is 53.9 Å². The van der Waals surface area contributed by atoms with E-state index in [-0.39, 0.29) is 5.56 Å². The molecule has 1 aromatic carbocycles. The summed E-state index contributed by atoms with van der Waals surface area (Å²) in [7, 11) is 1.53. The molecule has 2 aromatic rings. The molecule has 0 aliphatic carbocycles. The van der Waals surface area contributed by atoms with Crippen LogP contribution < -0.4 is 15.2 Å². The van der Waals surface area contributed by atoms with Crippen molar-refractivity contribution in [1.29, 1.82) is 0 Å². The highest BCUT2D eigenvalue weighted by Crippen LogP contribution is 2.25. The van der Waals surface area contributed by atoms with Crippen molar-refractivity contribution in [1.82, 2.24) is 4.98 Å². The van der Waals surface area contributed by atoms with E-state index in [9.17, 15) is 9.90 Å². The SMILES string of the molecule is COc1ccc(C(=O)[O-])cc1NCc1ccccn1. The molecule has 19 heavy (non-hydrogen) atoms. The number of hydrogen-bond acceptors (Lipinski definition) is 5. The average Bonchev–Trinajstić information content (AvgIpc) is 2.45. The Morgan fingerprint density at radius 3 is 2.84 bits per heavy atom. The van der Waals surface area contributed by atoms with E-state index in [0.29, 0.717) is 18.0 Å². The number of nitrogens with zero attached hydrogens (tertiary/aromatic N) is 1. The Hall–Kier alpha value is -2.56. The van der Waals surface area contributed by atoms with Gasteiger partial charge in [-0.1, -0.05) is 6.07 Å². The van der Waals surface area contributed by atoms with Crippen LogP contribution in [0.15, 0.2) is 42.6 Å². The molecule has 0 aliphatic heterocycles. The molecule has 0 radical (unpaired) electrons. The zero-order chi connectivity index (χ0) is 13.7. The number of carbonyl (C=O) groups is 1. The summed E-state index contributed by atoms with van der Waals surface area (Å²) >= 11 is 0. The van der Waals surface area contributed by atoms with Gasteiger partial charge in [0, 0.05) is 6.20 Å². The van der Waals surface area contributed by atoms with Gasteiger partial charge < -0.3 is 20.0 Å². The Kier molecular flexibility index (Phi) is 3.97. The van der Waals surface area contributed by atoms with Gasteiger partial charge in [-0.05, 0) is 35.9 Å². The molecule has 0 aliphatic rings. The predicted molar refractivity (Wildman–Crippen MR) is 68.9 cm³/mol. The third-order valence-corrected chi connectivity index (χ3v) is 2.62. The highest BCUT2D eigenvalue weighted by atomic mass is 16.5. The monoisotopic (exact) mass is 257 g/mol. The fourth-order valence-corrected chi connectivity index (χ4v) is 1.66. The number of hydrogen-bond donors (Lipinski definition) is 1. The van der Waals surface area contributed by atoms with E-state index in [1.54, 1.807) is 12.3 Å². The number of aromatic carboxylic acids is 1. The van der Waals surface area contributed by atoms with E-state index < -0.39 is 5.97 Å². The van der Waals surface area contributed by atoms with Crippen LogP contribution in [0.1, 0.15) is 16.1 Å². The number of nitrogens with one attached hydrogen (secondary N) is 1. The first-order valence-electron chi connectivity index (χ1n) is 5.74. The highest BCUT2D eigenvalue weighted by Gasteiger charge is 2.05. The largest absolute Gasteiger partial charge is 0.545 e. The first-order valence-corrected chi connectivity index (χ1v) is 5.74. The summed E-state index contributed by atoms with van der Waals surface area (Å²) in [6, 6.07) is 10.1. The van der Waals surface area contributed by atoms with Gasteiger partial charge >= 0.3 is 0 Å². The maximum absolute atomic E-state index is 10.8. The molecule has 0 atom stereocenters. The number of aromatic nitrogens is 1. The summed E-state index contributed by atoms with van der Waals surface area (Å²) in [5.41, 5.74) is 1.54. The lowest BCUT2D eigenvalue weighted by Gasteiger charge is -2.13. The number of ether oxygens (including phenoxy) is 1. The zero-order valence-electron chi connectivity index (χ0n) is 10.4. The maximum atomic E-state index is 10.8. The Labute approximate surface area is 110 Å². The Balaban J connectivity index is 2.18. The molecule has 1 heterocycles. The van der Waals surface area contributed by atoms with Crippen LogP contribution >= 0.6 is 0 Å². The van der Waals surface area contributed by atoms with Crippen LogP contribution in [-0.4, -0.2) is 18.1 Å². The van der Waals surface area contributed by atoms with Gasteiger partial charge in [0.05, 0.1) is 31.0 Å². The predicted octanol–water partition coefficient (Wildman–Crippen LogP) is 1.07. The number of rotatable bonds is 5. The third kappa shape index (κ3) is 3.22. The molecule has 98 valence electrons. The highest BCUT2D eigenvalue weighted by molar-refractivity contribution is 5.87. The standard InChI is InChI=1S/C14H14N2O3/c1-19-13-6-5-10(14(17)18)8-12(13)16-9-11-4-2-3-7-15-11/h2-8,16H,9H2,1H3,(H,17,18)/p-1. The van der Waals surface area contributed by atoms with Crippen molar-refractivity contribution in [3.63, 3.8) is 0 Å². The molecule has 0 unspecified atom stereocenters.